The molecule has 0 radical (unpaired) electrons. The zero-order valence-corrected chi connectivity index (χ0v) is 40.5. The van der Waals surface area contributed by atoms with Crippen molar-refractivity contribution in [3.8, 4) is 0 Å². The lowest BCUT2D eigenvalue weighted by molar-refractivity contribution is -0.166. The Morgan fingerprint density at radius 1 is 0.344 bits per heavy atom. The summed E-state index contributed by atoms with van der Waals surface area (Å²) >= 11 is 0. The van der Waals surface area contributed by atoms with Crippen molar-refractivity contribution in [1.82, 2.24) is 0 Å². The van der Waals surface area contributed by atoms with Crippen molar-refractivity contribution in [3.63, 3.8) is 0 Å². The Hall–Kier alpha value is -4.71. The molecule has 0 aromatic carbocycles. The highest BCUT2D eigenvalue weighted by Gasteiger charge is 2.19. The number of unbranched alkanes of at least 4 members (excludes halogenated alkanes) is 8. The van der Waals surface area contributed by atoms with Gasteiger partial charge in [-0.15, -0.1) is 0 Å². The average Bonchev–Trinajstić information content (AvgIpc) is 3.29. The first kappa shape index (κ1) is 59.3. The van der Waals surface area contributed by atoms with Crippen molar-refractivity contribution in [2.45, 2.75) is 187 Å². The lowest BCUT2D eigenvalue weighted by Crippen LogP contribution is -2.30. The zero-order chi connectivity index (χ0) is 46.5. The monoisotopic (exact) mass is 881 g/mol. The molecule has 0 aliphatic carbocycles. The maximum atomic E-state index is 12.7. The Morgan fingerprint density at radius 3 is 1.03 bits per heavy atom. The minimum Gasteiger partial charge on any atom is -0.462 e. The van der Waals surface area contributed by atoms with Gasteiger partial charge in [0.1, 0.15) is 13.2 Å². The number of rotatable bonds is 42. The largest absolute Gasteiger partial charge is 0.462 e. The van der Waals surface area contributed by atoms with Crippen molar-refractivity contribution >= 4 is 17.9 Å². The Balaban J connectivity index is 4.41. The zero-order valence-electron chi connectivity index (χ0n) is 40.5. The standard InChI is InChI=1S/C58H88O6/c1-4-7-10-13-16-18-20-22-24-25-26-27-28-29-30-31-32-33-35-36-38-40-42-45-48-51-57(60)63-54-55(53-62-56(59)50-47-44-15-12-9-6-3)64-58(61)52-49-46-43-41-39-37-34-23-21-19-17-14-11-8-5-2/h7-8,10-11,16-19,22-24,26-27,29-30,32-34,36,38-39,41,46,49,55H,4-6,9,12-15,20-21,25,28,31,35,37,40,42-45,47-48,50-54H2,1-3H3/b10-7-,11-8-,18-16-,19-17-,24-22-,27-26-,30-29-,33-32-,34-23-,38-36-,41-39-,49-46-. The minimum absolute atomic E-state index is 0.0828. The SMILES string of the molecule is CC/C=C\C/C=C\C/C=C\C/C=C\C/C=C\C/C=C\C/C=C\CCCCCC(=O)OCC(COC(=O)CCCCCCCC)OC(=O)C/C=C\C/C=C\C/C=C\C/C=C\C/C=C\CC. The van der Waals surface area contributed by atoms with E-state index in [-0.39, 0.29) is 31.6 Å². The summed E-state index contributed by atoms with van der Waals surface area (Å²) in [6, 6.07) is 0. The lowest BCUT2D eigenvalue weighted by Gasteiger charge is -2.18. The summed E-state index contributed by atoms with van der Waals surface area (Å²) in [6.07, 6.45) is 73.1. The van der Waals surface area contributed by atoms with Crippen LogP contribution in [0.3, 0.4) is 0 Å². The van der Waals surface area contributed by atoms with E-state index in [0.29, 0.717) is 19.3 Å². The van der Waals surface area contributed by atoms with Gasteiger partial charge in [-0.25, -0.2) is 0 Å². The van der Waals surface area contributed by atoms with E-state index in [1.807, 2.05) is 6.08 Å². The first-order valence-corrected chi connectivity index (χ1v) is 24.8. The van der Waals surface area contributed by atoms with E-state index in [1.165, 1.54) is 19.3 Å². The third kappa shape index (κ3) is 48.3. The third-order valence-electron chi connectivity index (χ3n) is 9.62. The first-order valence-electron chi connectivity index (χ1n) is 24.8. The second-order valence-electron chi connectivity index (χ2n) is 15.6. The molecule has 0 spiro atoms. The molecule has 0 aliphatic rings. The molecule has 0 bridgehead atoms. The van der Waals surface area contributed by atoms with Crippen molar-refractivity contribution in [2.24, 2.45) is 0 Å². The normalized spacial score (nSPS) is 13.4. The molecule has 0 saturated carbocycles. The molecular weight excluding hydrogens is 793 g/mol. The van der Waals surface area contributed by atoms with Gasteiger partial charge in [-0.3, -0.25) is 14.4 Å². The van der Waals surface area contributed by atoms with Crippen molar-refractivity contribution < 1.29 is 28.6 Å². The molecule has 356 valence electrons. The second-order valence-corrected chi connectivity index (χ2v) is 15.6. The predicted octanol–water partition coefficient (Wildman–Crippen LogP) is 16.5. The van der Waals surface area contributed by atoms with Crippen LogP contribution in [0.15, 0.2) is 146 Å². The van der Waals surface area contributed by atoms with Crippen LogP contribution in [0.4, 0.5) is 0 Å². The van der Waals surface area contributed by atoms with Gasteiger partial charge in [-0.2, -0.15) is 0 Å². The molecule has 0 amide bonds. The highest BCUT2D eigenvalue weighted by atomic mass is 16.6. The quantitative estimate of drug-likeness (QED) is 0.0263. The molecule has 0 heterocycles. The Morgan fingerprint density at radius 2 is 0.656 bits per heavy atom. The van der Waals surface area contributed by atoms with E-state index in [9.17, 15) is 14.4 Å². The number of hydrogen-bond donors (Lipinski definition) is 0. The van der Waals surface area contributed by atoms with Crippen LogP contribution in [-0.4, -0.2) is 37.2 Å². The minimum atomic E-state index is -0.848. The third-order valence-corrected chi connectivity index (χ3v) is 9.62. The maximum absolute atomic E-state index is 12.7. The molecule has 1 atom stereocenters. The van der Waals surface area contributed by atoms with Gasteiger partial charge in [0.15, 0.2) is 6.10 Å². The Kier molecular flexibility index (Phi) is 47.2. The molecule has 64 heavy (non-hydrogen) atoms. The maximum Gasteiger partial charge on any atom is 0.310 e. The van der Waals surface area contributed by atoms with Crippen LogP contribution in [-0.2, 0) is 28.6 Å². The van der Waals surface area contributed by atoms with E-state index in [0.717, 1.165) is 116 Å². The molecular formula is C58H88O6. The number of allylic oxidation sites excluding steroid dienone is 23. The van der Waals surface area contributed by atoms with Gasteiger partial charge in [-0.1, -0.05) is 205 Å². The summed E-state index contributed by atoms with van der Waals surface area (Å²) in [6.45, 7) is 6.19. The van der Waals surface area contributed by atoms with Crippen LogP contribution in [0.5, 0.6) is 0 Å². The van der Waals surface area contributed by atoms with Crippen LogP contribution in [0, 0.1) is 0 Å². The summed E-state index contributed by atoms with van der Waals surface area (Å²) < 4.78 is 16.5. The number of ether oxygens (including phenoxy) is 3. The number of carbonyl (C=O) groups is 3. The van der Waals surface area contributed by atoms with Crippen molar-refractivity contribution in [2.75, 3.05) is 13.2 Å². The molecule has 0 aliphatic heterocycles. The molecule has 0 aromatic rings. The molecule has 0 saturated heterocycles. The van der Waals surface area contributed by atoms with Crippen molar-refractivity contribution in [1.29, 1.82) is 0 Å². The number of esters is 3. The van der Waals surface area contributed by atoms with Crippen LogP contribution in [0.25, 0.3) is 0 Å². The van der Waals surface area contributed by atoms with Gasteiger partial charge in [0.2, 0.25) is 0 Å². The molecule has 6 heteroatoms. The van der Waals surface area contributed by atoms with Gasteiger partial charge in [0.25, 0.3) is 0 Å². The van der Waals surface area contributed by atoms with Gasteiger partial charge >= 0.3 is 17.9 Å². The predicted molar refractivity (Wildman–Crippen MR) is 274 cm³/mol. The summed E-state index contributed by atoms with van der Waals surface area (Å²) in [5.74, 6) is -1.12. The van der Waals surface area contributed by atoms with Gasteiger partial charge < -0.3 is 14.2 Å². The number of hydrogen-bond acceptors (Lipinski definition) is 6. The van der Waals surface area contributed by atoms with Gasteiger partial charge in [0.05, 0.1) is 6.42 Å². The average molecular weight is 881 g/mol. The van der Waals surface area contributed by atoms with E-state index in [4.69, 9.17) is 14.2 Å². The van der Waals surface area contributed by atoms with E-state index >= 15 is 0 Å². The summed E-state index contributed by atoms with van der Waals surface area (Å²) in [5.41, 5.74) is 0. The van der Waals surface area contributed by atoms with Crippen LogP contribution < -0.4 is 0 Å². The second kappa shape index (κ2) is 50.9. The van der Waals surface area contributed by atoms with E-state index in [2.05, 4.69) is 154 Å². The van der Waals surface area contributed by atoms with Crippen LogP contribution >= 0.6 is 0 Å². The first-order chi connectivity index (χ1) is 31.5. The summed E-state index contributed by atoms with van der Waals surface area (Å²) in [7, 11) is 0. The van der Waals surface area contributed by atoms with Crippen LogP contribution in [0.2, 0.25) is 0 Å². The fourth-order valence-corrected chi connectivity index (χ4v) is 5.97. The van der Waals surface area contributed by atoms with Crippen molar-refractivity contribution in [3.05, 3.63) is 146 Å². The fraction of sp³-hybridized carbons (Fsp3) is 0.534. The Labute approximate surface area is 391 Å². The molecule has 6 nitrogen and oxygen atoms in total. The topological polar surface area (TPSA) is 78.9 Å². The van der Waals surface area contributed by atoms with Crippen LogP contribution in [0.1, 0.15) is 181 Å². The Bertz CT molecular complexity index is 1480. The van der Waals surface area contributed by atoms with E-state index < -0.39 is 12.1 Å². The summed E-state index contributed by atoms with van der Waals surface area (Å²) in [5, 5.41) is 0. The fourth-order valence-electron chi connectivity index (χ4n) is 5.97. The number of carbonyl (C=O) groups excluding carboxylic acids is 3. The van der Waals surface area contributed by atoms with Gasteiger partial charge in [0, 0.05) is 12.8 Å². The smallest absolute Gasteiger partial charge is 0.310 e. The molecule has 0 rings (SSSR count). The van der Waals surface area contributed by atoms with Gasteiger partial charge in [-0.05, 0) is 103 Å². The highest BCUT2D eigenvalue weighted by Crippen LogP contribution is 2.10. The molecule has 1 unspecified atom stereocenters. The molecule has 0 fully saturated rings. The van der Waals surface area contributed by atoms with E-state index in [1.54, 1.807) is 6.08 Å². The summed E-state index contributed by atoms with van der Waals surface area (Å²) in [4.78, 5) is 37.6. The lowest BCUT2D eigenvalue weighted by atomic mass is 10.1. The highest BCUT2D eigenvalue weighted by molar-refractivity contribution is 5.72. The molecule has 0 aromatic heterocycles. The molecule has 0 N–H and O–H groups in total.